The topological polar surface area (TPSA) is 55.1 Å². The summed E-state index contributed by atoms with van der Waals surface area (Å²) in [5.74, 6) is -0.160. The number of carbonyl (C=O) groups excluding carboxylic acids is 1. The Bertz CT molecular complexity index is 596. The number of amides is 1. The van der Waals surface area contributed by atoms with E-state index in [4.69, 9.17) is 5.73 Å². The molecule has 18 heavy (non-hydrogen) atoms. The molecular weight excluding hydrogens is 292 g/mol. The highest BCUT2D eigenvalue weighted by Crippen LogP contribution is 2.23. The zero-order valence-electron chi connectivity index (χ0n) is 9.91. The maximum Gasteiger partial charge on any atom is 0.256 e. The molecule has 4 heteroatoms. The highest BCUT2D eigenvalue weighted by molar-refractivity contribution is 9.10. The fourth-order valence-corrected chi connectivity index (χ4v) is 2.04. The Morgan fingerprint density at radius 2 is 1.89 bits per heavy atom. The number of hydrogen-bond donors (Lipinski definition) is 2. The number of halogens is 1. The molecule has 2 aromatic carbocycles. The van der Waals surface area contributed by atoms with Gasteiger partial charge in [0.2, 0.25) is 0 Å². The van der Waals surface area contributed by atoms with Crippen LogP contribution in [-0.2, 0) is 0 Å². The molecule has 0 unspecified atom stereocenters. The largest absolute Gasteiger partial charge is 0.398 e. The lowest BCUT2D eigenvalue weighted by Crippen LogP contribution is -2.14. The van der Waals surface area contributed by atoms with Gasteiger partial charge in [-0.2, -0.15) is 0 Å². The number of rotatable bonds is 2. The van der Waals surface area contributed by atoms with Crippen molar-refractivity contribution >= 4 is 33.2 Å². The first-order chi connectivity index (χ1) is 8.59. The summed E-state index contributed by atoms with van der Waals surface area (Å²) >= 11 is 3.39. The first-order valence-electron chi connectivity index (χ1n) is 5.50. The van der Waals surface area contributed by atoms with Gasteiger partial charge in [0.15, 0.2) is 0 Å². The van der Waals surface area contributed by atoms with Crippen LogP contribution < -0.4 is 11.1 Å². The van der Waals surface area contributed by atoms with E-state index in [0.717, 1.165) is 15.7 Å². The summed E-state index contributed by atoms with van der Waals surface area (Å²) in [6.45, 7) is 1.84. The Hall–Kier alpha value is -1.81. The first kappa shape index (κ1) is 12.6. The predicted molar refractivity (Wildman–Crippen MR) is 77.7 cm³/mol. The van der Waals surface area contributed by atoms with Gasteiger partial charge in [0.25, 0.3) is 5.91 Å². The maximum atomic E-state index is 12.2. The van der Waals surface area contributed by atoms with Crippen LogP contribution in [0.5, 0.6) is 0 Å². The van der Waals surface area contributed by atoms with E-state index in [0.29, 0.717) is 11.3 Å². The second-order valence-corrected chi connectivity index (χ2v) is 4.81. The predicted octanol–water partition coefficient (Wildman–Crippen LogP) is 3.59. The van der Waals surface area contributed by atoms with Crippen molar-refractivity contribution in [3.05, 3.63) is 58.1 Å². The molecule has 0 aliphatic rings. The molecule has 1 amide bonds. The van der Waals surface area contributed by atoms with Crippen molar-refractivity contribution in [2.75, 3.05) is 11.1 Å². The lowest BCUT2D eigenvalue weighted by molar-refractivity contribution is 0.102. The van der Waals surface area contributed by atoms with E-state index < -0.39 is 0 Å². The SMILES string of the molecule is Cc1c(N)cccc1C(=O)Nc1ccccc1Br. The van der Waals surface area contributed by atoms with Crippen molar-refractivity contribution in [2.45, 2.75) is 6.92 Å². The van der Waals surface area contributed by atoms with Gasteiger partial charge < -0.3 is 11.1 Å². The average molecular weight is 305 g/mol. The molecule has 0 bridgehead atoms. The van der Waals surface area contributed by atoms with E-state index in [1.165, 1.54) is 0 Å². The van der Waals surface area contributed by atoms with Crippen molar-refractivity contribution in [3.8, 4) is 0 Å². The van der Waals surface area contributed by atoms with Crippen LogP contribution in [0.3, 0.4) is 0 Å². The van der Waals surface area contributed by atoms with Crippen molar-refractivity contribution in [2.24, 2.45) is 0 Å². The van der Waals surface area contributed by atoms with Gasteiger partial charge in [0.05, 0.1) is 5.69 Å². The molecule has 0 radical (unpaired) electrons. The van der Waals surface area contributed by atoms with Crippen LogP contribution in [0.1, 0.15) is 15.9 Å². The summed E-state index contributed by atoms with van der Waals surface area (Å²) in [4.78, 5) is 12.2. The number of benzene rings is 2. The van der Waals surface area contributed by atoms with Crippen LogP contribution in [0.4, 0.5) is 11.4 Å². The third kappa shape index (κ3) is 2.54. The van der Waals surface area contributed by atoms with Crippen molar-refractivity contribution < 1.29 is 4.79 Å². The molecular formula is C14H13BrN2O. The van der Waals surface area contributed by atoms with E-state index in [1.54, 1.807) is 18.2 Å². The summed E-state index contributed by atoms with van der Waals surface area (Å²) < 4.78 is 0.847. The molecule has 2 rings (SSSR count). The minimum atomic E-state index is -0.160. The van der Waals surface area contributed by atoms with Gasteiger partial charge in [-0.05, 0) is 52.7 Å². The van der Waals surface area contributed by atoms with Crippen LogP contribution in [0.2, 0.25) is 0 Å². The van der Waals surface area contributed by atoms with E-state index >= 15 is 0 Å². The minimum Gasteiger partial charge on any atom is -0.398 e. The van der Waals surface area contributed by atoms with E-state index in [9.17, 15) is 4.79 Å². The molecule has 0 spiro atoms. The fourth-order valence-electron chi connectivity index (χ4n) is 1.65. The maximum absolute atomic E-state index is 12.2. The smallest absolute Gasteiger partial charge is 0.256 e. The van der Waals surface area contributed by atoms with E-state index in [2.05, 4.69) is 21.2 Å². The number of para-hydroxylation sites is 1. The van der Waals surface area contributed by atoms with Crippen LogP contribution >= 0.6 is 15.9 Å². The lowest BCUT2D eigenvalue weighted by atomic mass is 10.1. The van der Waals surface area contributed by atoms with Crippen LogP contribution in [0.15, 0.2) is 46.9 Å². The Labute approximate surface area is 114 Å². The van der Waals surface area contributed by atoms with Gasteiger partial charge in [-0.3, -0.25) is 4.79 Å². The molecule has 0 saturated carbocycles. The molecule has 92 valence electrons. The highest BCUT2D eigenvalue weighted by Gasteiger charge is 2.11. The first-order valence-corrected chi connectivity index (χ1v) is 6.30. The second-order valence-electron chi connectivity index (χ2n) is 3.95. The van der Waals surface area contributed by atoms with Crippen LogP contribution in [-0.4, -0.2) is 5.91 Å². The Balaban J connectivity index is 2.28. The molecule has 3 N–H and O–H groups in total. The van der Waals surface area contributed by atoms with Crippen LogP contribution in [0.25, 0.3) is 0 Å². The monoisotopic (exact) mass is 304 g/mol. The van der Waals surface area contributed by atoms with Gasteiger partial charge in [-0.25, -0.2) is 0 Å². The number of anilines is 2. The van der Waals surface area contributed by atoms with Gasteiger partial charge in [-0.1, -0.05) is 18.2 Å². The highest BCUT2D eigenvalue weighted by atomic mass is 79.9. The third-order valence-corrected chi connectivity index (χ3v) is 3.43. The average Bonchev–Trinajstić information content (AvgIpc) is 2.35. The number of nitrogens with two attached hydrogens (primary N) is 1. The summed E-state index contributed by atoms with van der Waals surface area (Å²) in [5, 5.41) is 2.85. The molecule has 0 heterocycles. The Kier molecular flexibility index (Phi) is 3.67. The summed E-state index contributed by atoms with van der Waals surface area (Å²) in [7, 11) is 0. The zero-order valence-corrected chi connectivity index (χ0v) is 11.5. The number of nitrogen functional groups attached to an aromatic ring is 1. The summed E-state index contributed by atoms with van der Waals surface area (Å²) in [6.07, 6.45) is 0. The van der Waals surface area contributed by atoms with E-state index in [1.807, 2.05) is 31.2 Å². The summed E-state index contributed by atoms with van der Waals surface area (Å²) in [6, 6.07) is 12.8. The quantitative estimate of drug-likeness (QED) is 0.833. The van der Waals surface area contributed by atoms with E-state index in [-0.39, 0.29) is 5.91 Å². The third-order valence-electron chi connectivity index (χ3n) is 2.74. The molecule has 0 aliphatic heterocycles. The number of nitrogens with one attached hydrogen (secondary N) is 1. The van der Waals surface area contributed by atoms with Crippen molar-refractivity contribution in [1.82, 2.24) is 0 Å². The summed E-state index contributed by atoms with van der Waals surface area (Å²) in [5.41, 5.74) is 8.53. The van der Waals surface area contributed by atoms with Gasteiger partial charge >= 0.3 is 0 Å². The number of hydrogen-bond acceptors (Lipinski definition) is 2. The number of carbonyl (C=O) groups is 1. The lowest BCUT2D eigenvalue weighted by Gasteiger charge is -2.10. The molecule has 0 atom stereocenters. The van der Waals surface area contributed by atoms with Crippen molar-refractivity contribution in [1.29, 1.82) is 0 Å². The van der Waals surface area contributed by atoms with Gasteiger partial charge in [-0.15, -0.1) is 0 Å². The van der Waals surface area contributed by atoms with Crippen LogP contribution in [0, 0.1) is 6.92 Å². The molecule has 0 aliphatic carbocycles. The fraction of sp³-hybridized carbons (Fsp3) is 0.0714. The standard InChI is InChI=1S/C14H13BrN2O/c1-9-10(5-4-7-12(9)16)14(18)17-13-8-3-2-6-11(13)15/h2-8H,16H2,1H3,(H,17,18). The molecule has 0 aromatic heterocycles. The Morgan fingerprint density at radius 3 is 2.61 bits per heavy atom. The zero-order chi connectivity index (χ0) is 13.1. The Morgan fingerprint density at radius 1 is 1.17 bits per heavy atom. The molecule has 3 nitrogen and oxygen atoms in total. The van der Waals surface area contributed by atoms with Crippen molar-refractivity contribution in [3.63, 3.8) is 0 Å². The molecule has 0 fully saturated rings. The van der Waals surface area contributed by atoms with Gasteiger partial charge in [0.1, 0.15) is 0 Å². The molecule has 2 aromatic rings. The van der Waals surface area contributed by atoms with Gasteiger partial charge in [0, 0.05) is 15.7 Å². The molecule has 0 saturated heterocycles. The normalized spacial score (nSPS) is 10.1. The second kappa shape index (κ2) is 5.23. The minimum absolute atomic E-state index is 0.160.